The van der Waals surface area contributed by atoms with E-state index in [1.165, 1.54) is 11.3 Å². The molecule has 0 spiro atoms. The number of carbonyl (C=O) groups excluding carboxylic acids is 1. The zero-order chi connectivity index (χ0) is 23.1. The van der Waals surface area contributed by atoms with E-state index in [4.69, 9.17) is 19.2 Å². The number of thiazole rings is 1. The van der Waals surface area contributed by atoms with Crippen molar-refractivity contribution in [3.05, 3.63) is 63.8 Å². The molecule has 6 nitrogen and oxygen atoms in total. The number of para-hydroxylation sites is 1. The van der Waals surface area contributed by atoms with Crippen LogP contribution in [0.5, 0.6) is 11.5 Å². The van der Waals surface area contributed by atoms with Gasteiger partial charge >= 0.3 is 0 Å². The van der Waals surface area contributed by atoms with Crippen molar-refractivity contribution >= 4 is 38.8 Å². The largest absolute Gasteiger partial charge is 0.487 e. The van der Waals surface area contributed by atoms with E-state index in [9.17, 15) is 4.79 Å². The number of benzene rings is 2. The van der Waals surface area contributed by atoms with E-state index in [2.05, 4.69) is 12.1 Å². The van der Waals surface area contributed by atoms with Crippen molar-refractivity contribution < 1.29 is 19.0 Å². The highest BCUT2D eigenvalue weighted by molar-refractivity contribution is 7.21. The molecule has 0 bridgehead atoms. The molecule has 6 rings (SSSR count). The van der Waals surface area contributed by atoms with Crippen LogP contribution in [0.3, 0.4) is 0 Å². The summed E-state index contributed by atoms with van der Waals surface area (Å²) in [4.78, 5) is 21.8. The summed E-state index contributed by atoms with van der Waals surface area (Å²) in [5, 5.41) is 0.924. The van der Waals surface area contributed by atoms with Gasteiger partial charge in [0, 0.05) is 29.0 Å². The highest BCUT2D eigenvalue weighted by atomic mass is 32.1. The normalized spacial score (nSPS) is 17.9. The number of fused-ring (bicyclic) bond motifs is 2. The maximum absolute atomic E-state index is 13.2. The van der Waals surface area contributed by atoms with Gasteiger partial charge in [-0.2, -0.15) is 0 Å². The Labute approximate surface area is 205 Å². The number of ether oxygens (including phenoxy) is 3. The van der Waals surface area contributed by atoms with E-state index in [0.29, 0.717) is 38.7 Å². The van der Waals surface area contributed by atoms with E-state index in [0.717, 1.165) is 48.3 Å². The quantitative estimate of drug-likeness (QED) is 0.375. The third kappa shape index (κ3) is 4.17. The number of nitrogens with zero attached hydrogens (tertiary/aromatic N) is 2. The number of thiophene rings is 1. The average Bonchev–Trinajstić information content (AvgIpc) is 3.57. The standard InChI is InChI=1S/C26H24N2O4S2/c1-16-6-7-23(33-16)26(29)28-9-11-31-24-18(14-28)12-17(13-21(24)32-19-8-10-30-15-19)25-27-20-4-2-3-5-22(20)34-25/h2-7,12-13,19H,8-11,14-15H2,1H3/t19-/m1/s1. The van der Waals surface area contributed by atoms with Crippen LogP contribution in [0.2, 0.25) is 0 Å². The molecule has 4 aromatic rings. The Kier molecular flexibility index (Phi) is 5.72. The molecular weight excluding hydrogens is 468 g/mol. The van der Waals surface area contributed by atoms with Gasteiger partial charge in [0.2, 0.25) is 0 Å². The van der Waals surface area contributed by atoms with Crippen molar-refractivity contribution in [1.82, 2.24) is 9.88 Å². The third-order valence-electron chi connectivity index (χ3n) is 6.06. The Balaban J connectivity index is 1.40. The molecule has 2 aromatic heterocycles. The molecule has 0 saturated carbocycles. The van der Waals surface area contributed by atoms with Gasteiger partial charge in [-0.25, -0.2) is 4.98 Å². The van der Waals surface area contributed by atoms with Crippen LogP contribution >= 0.6 is 22.7 Å². The van der Waals surface area contributed by atoms with Crippen LogP contribution < -0.4 is 9.47 Å². The second-order valence-corrected chi connectivity index (χ2v) is 10.9. The maximum Gasteiger partial charge on any atom is 0.264 e. The van der Waals surface area contributed by atoms with Crippen molar-refractivity contribution in [2.24, 2.45) is 0 Å². The lowest BCUT2D eigenvalue weighted by Crippen LogP contribution is -2.31. The Morgan fingerprint density at radius 2 is 2.06 bits per heavy atom. The smallest absolute Gasteiger partial charge is 0.264 e. The molecule has 4 heterocycles. The van der Waals surface area contributed by atoms with Crippen molar-refractivity contribution in [3.63, 3.8) is 0 Å². The van der Waals surface area contributed by atoms with Gasteiger partial charge in [-0.1, -0.05) is 12.1 Å². The summed E-state index contributed by atoms with van der Waals surface area (Å²) in [6.07, 6.45) is 0.844. The highest BCUT2D eigenvalue weighted by Crippen LogP contribution is 2.41. The first kappa shape index (κ1) is 21.6. The van der Waals surface area contributed by atoms with Crippen LogP contribution in [0, 0.1) is 6.92 Å². The first-order valence-corrected chi connectivity index (χ1v) is 13.0. The fourth-order valence-corrected chi connectivity index (χ4v) is 6.14. The summed E-state index contributed by atoms with van der Waals surface area (Å²) in [6, 6.07) is 16.1. The van der Waals surface area contributed by atoms with E-state index < -0.39 is 0 Å². The fraction of sp³-hybridized carbons (Fsp3) is 0.308. The lowest BCUT2D eigenvalue weighted by Gasteiger charge is -2.20. The van der Waals surface area contributed by atoms with Gasteiger partial charge in [-0.05, 0) is 43.3 Å². The van der Waals surface area contributed by atoms with Gasteiger partial charge in [0.05, 0.1) is 34.9 Å². The highest BCUT2D eigenvalue weighted by Gasteiger charge is 2.27. The SMILES string of the molecule is Cc1ccc(C(=O)N2CCOc3c(cc(-c4nc5ccccc5s4)cc3O[C@@H]3CCOC3)C2)s1. The van der Waals surface area contributed by atoms with Gasteiger partial charge in [0.15, 0.2) is 11.5 Å². The van der Waals surface area contributed by atoms with Crippen LogP contribution in [0.25, 0.3) is 20.8 Å². The van der Waals surface area contributed by atoms with E-state index in [1.54, 1.807) is 11.3 Å². The minimum atomic E-state index is -0.00611. The molecule has 0 radical (unpaired) electrons. The summed E-state index contributed by atoms with van der Waals surface area (Å²) in [5.74, 6) is 1.45. The molecule has 1 amide bonds. The number of aromatic nitrogens is 1. The molecule has 174 valence electrons. The van der Waals surface area contributed by atoms with Crippen molar-refractivity contribution in [2.45, 2.75) is 26.0 Å². The first-order chi connectivity index (χ1) is 16.6. The second-order valence-electron chi connectivity index (χ2n) is 8.54. The summed E-state index contributed by atoms with van der Waals surface area (Å²) < 4.78 is 19.2. The van der Waals surface area contributed by atoms with Crippen LogP contribution in [0.4, 0.5) is 0 Å². The first-order valence-electron chi connectivity index (χ1n) is 11.4. The molecule has 0 N–H and O–H groups in total. The topological polar surface area (TPSA) is 60.9 Å². The molecule has 1 atom stereocenters. The predicted octanol–water partition coefficient (Wildman–Crippen LogP) is 5.54. The Morgan fingerprint density at radius 1 is 1.15 bits per heavy atom. The molecule has 1 saturated heterocycles. The average molecular weight is 493 g/mol. The molecular formula is C26H24N2O4S2. The minimum Gasteiger partial charge on any atom is -0.487 e. The van der Waals surface area contributed by atoms with Crippen LogP contribution in [0.15, 0.2) is 48.5 Å². The molecule has 1 fully saturated rings. The Morgan fingerprint density at radius 3 is 2.85 bits per heavy atom. The third-order valence-corrected chi connectivity index (χ3v) is 8.14. The molecule has 0 unspecified atom stereocenters. The van der Waals surface area contributed by atoms with Gasteiger partial charge in [-0.15, -0.1) is 22.7 Å². The van der Waals surface area contributed by atoms with Crippen molar-refractivity contribution in [1.29, 1.82) is 0 Å². The molecule has 34 heavy (non-hydrogen) atoms. The fourth-order valence-electron chi connectivity index (χ4n) is 4.35. The van der Waals surface area contributed by atoms with E-state index in [-0.39, 0.29) is 12.0 Å². The van der Waals surface area contributed by atoms with Crippen LogP contribution in [-0.2, 0) is 11.3 Å². The summed E-state index contributed by atoms with van der Waals surface area (Å²) in [7, 11) is 0. The monoisotopic (exact) mass is 492 g/mol. The zero-order valence-corrected chi connectivity index (χ0v) is 20.4. The summed E-state index contributed by atoms with van der Waals surface area (Å²) in [5.41, 5.74) is 2.88. The molecule has 2 aromatic carbocycles. The van der Waals surface area contributed by atoms with E-state index in [1.807, 2.05) is 48.2 Å². The maximum atomic E-state index is 13.2. The van der Waals surface area contributed by atoms with Crippen molar-refractivity contribution in [2.75, 3.05) is 26.4 Å². The molecule has 2 aliphatic rings. The van der Waals surface area contributed by atoms with Crippen LogP contribution in [-0.4, -0.2) is 48.3 Å². The zero-order valence-electron chi connectivity index (χ0n) is 18.8. The number of aryl methyl sites for hydroxylation is 1. The lowest BCUT2D eigenvalue weighted by molar-refractivity contribution is 0.0737. The minimum absolute atomic E-state index is 0.00611. The molecule has 0 aliphatic carbocycles. The van der Waals surface area contributed by atoms with Gasteiger partial charge < -0.3 is 19.1 Å². The van der Waals surface area contributed by atoms with E-state index >= 15 is 0 Å². The number of hydrogen-bond donors (Lipinski definition) is 0. The molecule has 8 heteroatoms. The summed E-state index contributed by atoms with van der Waals surface area (Å²) in [6.45, 7) is 4.69. The molecule has 2 aliphatic heterocycles. The number of rotatable bonds is 4. The van der Waals surface area contributed by atoms with Gasteiger partial charge in [0.1, 0.15) is 17.7 Å². The lowest BCUT2D eigenvalue weighted by atomic mass is 10.1. The van der Waals surface area contributed by atoms with Gasteiger partial charge in [0.25, 0.3) is 5.91 Å². The number of carbonyl (C=O) groups is 1. The predicted molar refractivity (Wildman–Crippen MR) is 134 cm³/mol. The number of hydrogen-bond acceptors (Lipinski definition) is 7. The second kappa shape index (κ2) is 9.02. The van der Waals surface area contributed by atoms with Crippen LogP contribution in [0.1, 0.15) is 26.5 Å². The van der Waals surface area contributed by atoms with Crippen molar-refractivity contribution in [3.8, 4) is 22.1 Å². The Hall–Kier alpha value is -2.94. The Bertz CT molecular complexity index is 1320. The summed E-state index contributed by atoms with van der Waals surface area (Å²) >= 11 is 3.18. The van der Waals surface area contributed by atoms with Gasteiger partial charge in [-0.3, -0.25) is 4.79 Å². The number of amides is 1.